The standard InChI is InChI=1S/C27H36N4O6/c1-5-16(4)22(31-25(34)21(12-15(2)3)30-27(36)37)23(32)26(35)29-20(24(28)33)14-17-10-11-18-8-6-7-9-19(18)13-17/h6-11,13,15-16,20-22,30H,5,12,14H2,1-4H3,(H2,28,33)(H,29,35)(H,31,34)(H,36,37). The molecule has 0 heterocycles. The number of amides is 4. The lowest BCUT2D eigenvalue weighted by Gasteiger charge is -2.26. The van der Waals surface area contributed by atoms with Crippen molar-refractivity contribution in [3.05, 3.63) is 48.0 Å². The van der Waals surface area contributed by atoms with Crippen LogP contribution in [0.25, 0.3) is 10.8 Å². The fourth-order valence-electron chi connectivity index (χ4n) is 4.00. The molecule has 0 fully saturated rings. The Bertz CT molecular complexity index is 1150. The van der Waals surface area contributed by atoms with E-state index in [-0.39, 0.29) is 18.8 Å². The highest BCUT2D eigenvalue weighted by Gasteiger charge is 2.34. The Morgan fingerprint density at radius 3 is 2.11 bits per heavy atom. The van der Waals surface area contributed by atoms with Crippen LogP contribution in [0.15, 0.2) is 42.5 Å². The molecule has 0 saturated heterocycles. The monoisotopic (exact) mass is 512 g/mol. The van der Waals surface area contributed by atoms with Gasteiger partial charge in [-0.3, -0.25) is 19.2 Å². The number of Topliss-reactive ketones (excluding diaryl/α,β-unsaturated/α-hetero) is 1. The Labute approximate surface area is 216 Å². The van der Waals surface area contributed by atoms with Gasteiger partial charge in [0.05, 0.1) is 6.04 Å². The highest BCUT2D eigenvalue weighted by molar-refractivity contribution is 6.39. The van der Waals surface area contributed by atoms with Crippen LogP contribution in [0.5, 0.6) is 0 Å². The van der Waals surface area contributed by atoms with Gasteiger partial charge in [-0.05, 0) is 34.6 Å². The second-order valence-corrected chi connectivity index (χ2v) is 9.68. The van der Waals surface area contributed by atoms with Crippen LogP contribution < -0.4 is 21.7 Å². The molecule has 10 nitrogen and oxygen atoms in total. The largest absolute Gasteiger partial charge is 0.465 e. The van der Waals surface area contributed by atoms with Crippen molar-refractivity contribution in [1.29, 1.82) is 0 Å². The molecule has 10 heteroatoms. The van der Waals surface area contributed by atoms with Gasteiger partial charge in [-0.2, -0.15) is 0 Å². The van der Waals surface area contributed by atoms with Crippen LogP contribution in [0.3, 0.4) is 0 Å². The fourth-order valence-corrected chi connectivity index (χ4v) is 4.00. The van der Waals surface area contributed by atoms with E-state index in [1.54, 1.807) is 13.8 Å². The highest BCUT2D eigenvalue weighted by atomic mass is 16.4. The van der Waals surface area contributed by atoms with Gasteiger partial charge in [-0.1, -0.05) is 76.6 Å². The predicted octanol–water partition coefficient (Wildman–Crippen LogP) is 2.13. The minimum atomic E-state index is -1.37. The summed E-state index contributed by atoms with van der Waals surface area (Å²) in [7, 11) is 0. The number of benzene rings is 2. The van der Waals surface area contributed by atoms with Crippen LogP contribution in [0.2, 0.25) is 0 Å². The summed E-state index contributed by atoms with van der Waals surface area (Å²) in [4.78, 5) is 62.1. The molecule has 0 aliphatic rings. The van der Waals surface area contributed by atoms with Crippen molar-refractivity contribution in [2.45, 2.75) is 65.1 Å². The Balaban J connectivity index is 2.18. The Morgan fingerprint density at radius 2 is 1.54 bits per heavy atom. The number of carbonyl (C=O) groups is 5. The molecule has 0 aromatic heterocycles. The van der Waals surface area contributed by atoms with E-state index in [9.17, 15) is 24.0 Å². The molecule has 4 unspecified atom stereocenters. The maximum absolute atomic E-state index is 13.1. The summed E-state index contributed by atoms with van der Waals surface area (Å²) in [6.07, 6.45) is -0.621. The zero-order valence-electron chi connectivity index (χ0n) is 21.6. The van der Waals surface area contributed by atoms with Crippen molar-refractivity contribution in [2.24, 2.45) is 17.6 Å². The second kappa shape index (κ2) is 13.4. The molecule has 4 amide bonds. The van der Waals surface area contributed by atoms with Crippen LogP contribution in [0.4, 0.5) is 4.79 Å². The average molecular weight is 513 g/mol. The lowest BCUT2D eigenvalue weighted by atomic mass is 9.93. The Hall–Kier alpha value is -3.95. The van der Waals surface area contributed by atoms with Gasteiger partial charge >= 0.3 is 6.09 Å². The van der Waals surface area contributed by atoms with E-state index in [1.165, 1.54) is 0 Å². The molecule has 6 N–H and O–H groups in total. The highest BCUT2D eigenvalue weighted by Crippen LogP contribution is 2.17. The number of ketones is 1. The number of nitrogens with one attached hydrogen (secondary N) is 3. The first-order chi connectivity index (χ1) is 17.4. The summed E-state index contributed by atoms with van der Waals surface area (Å²) in [6.45, 7) is 7.14. The zero-order chi connectivity index (χ0) is 27.7. The first-order valence-electron chi connectivity index (χ1n) is 12.3. The summed E-state index contributed by atoms with van der Waals surface area (Å²) >= 11 is 0. The van der Waals surface area contributed by atoms with Gasteiger partial charge in [0.1, 0.15) is 12.1 Å². The minimum Gasteiger partial charge on any atom is -0.465 e. The number of hydrogen-bond acceptors (Lipinski definition) is 5. The number of carbonyl (C=O) groups excluding carboxylic acids is 4. The number of hydrogen-bond donors (Lipinski definition) is 5. The van der Waals surface area contributed by atoms with Crippen LogP contribution in [0, 0.1) is 11.8 Å². The van der Waals surface area contributed by atoms with Gasteiger partial charge in [0, 0.05) is 6.42 Å². The molecule has 200 valence electrons. The van der Waals surface area contributed by atoms with E-state index >= 15 is 0 Å². The van der Waals surface area contributed by atoms with Gasteiger partial charge in [0.25, 0.3) is 5.91 Å². The van der Waals surface area contributed by atoms with Gasteiger partial charge in [0.2, 0.25) is 17.6 Å². The summed E-state index contributed by atoms with van der Waals surface area (Å²) in [6, 6.07) is 9.82. The third kappa shape index (κ3) is 8.59. The first kappa shape index (κ1) is 29.3. The van der Waals surface area contributed by atoms with Crippen LogP contribution in [-0.2, 0) is 25.6 Å². The third-order valence-electron chi connectivity index (χ3n) is 6.24. The molecule has 4 atom stereocenters. The van der Waals surface area contributed by atoms with Crippen molar-refractivity contribution >= 4 is 40.4 Å². The van der Waals surface area contributed by atoms with E-state index in [2.05, 4.69) is 16.0 Å². The second-order valence-electron chi connectivity index (χ2n) is 9.68. The van der Waals surface area contributed by atoms with Gasteiger partial charge in [-0.25, -0.2) is 4.79 Å². The quantitative estimate of drug-likeness (QED) is 0.258. The Kier molecular flexibility index (Phi) is 10.6. The minimum absolute atomic E-state index is 0.00456. The molecular weight excluding hydrogens is 476 g/mol. The average Bonchev–Trinajstić information content (AvgIpc) is 2.84. The van der Waals surface area contributed by atoms with Crippen molar-refractivity contribution in [1.82, 2.24) is 16.0 Å². The van der Waals surface area contributed by atoms with Gasteiger partial charge in [0.15, 0.2) is 0 Å². The number of rotatable bonds is 13. The predicted molar refractivity (Wildman–Crippen MR) is 140 cm³/mol. The van der Waals surface area contributed by atoms with Crippen molar-refractivity contribution in [2.75, 3.05) is 0 Å². The maximum Gasteiger partial charge on any atom is 0.405 e. The smallest absolute Gasteiger partial charge is 0.405 e. The van der Waals surface area contributed by atoms with Crippen molar-refractivity contribution in [3.8, 4) is 0 Å². The molecule has 0 aliphatic carbocycles. The molecule has 2 aromatic carbocycles. The van der Waals surface area contributed by atoms with E-state index in [4.69, 9.17) is 10.8 Å². The molecule has 0 bridgehead atoms. The number of carboxylic acid groups (broad SMARTS) is 1. The van der Waals surface area contributed by atoms with Crippen molar-refractivity contribution < 1.29 is 29.1 Å². The van der Waals surface area contributed by atoms with Crippen LogP contribution in [-0.4, -0.2) is 52.8 Å². The van der Waals surface area contributed by atoms with Gasteiger partial charge < -0.3 is 26.8 Å². The normalized spacial score (nSPS) is 14.3. The SMILES string of the molecule is CCC(C)C(NC(=O)C(CC(C)C)NC(=O)O)C(=O)C(=O)NC(Cc1ccc2ccccc2c1)C(N)=O. The molecule has 0 spiro atoms. The summed E-state index contributed by atoms with van der Waals surface area (Å²) in [5.74, 6) is -3.94. The van der Waals surface area contributed by atoms with E-state index in [0.717, 1.165) is 16.3 Å². The lowest BCUT2D eigenvalue weighted by Crippen LogP contribution is -2.57. The molecule has 2 rings (SSSR count). The topological polar surface area (TPSA) is 168 Å². The summed E-state index contributed by atoms with van der Waals surface area (Å²) in [5, 5.41) is 18.2. The van der Waals surface area contributed by atoms with Crippen LogP contribution >= 0.6 is 0 Å². The zero-order valence-corrected chi connectivity index (χ0v) is 21.6. The van der Waals surface area contributed by atoms with Crippen molar-refractivity contribution in [3.63, 3.8) is 0 Å². The third-order valence-corrected chi connectivity index (χ3v) is 6.24. The van der Waals surface area contributed by atoms with Gasteiger partial charge in [-0.15, -0.1) is 0 Å². The summed E-state index contributed by atoms with van der Waals surface area (Å²) in [5.41, 5.74) is 6.27. The number of nitrogens with two attached hydrogens (primary N) is 1. The molecule has 0 radical (unpaired) electrons. The van der Waals surface area contributed by atoms with E-state index in [0.29, 0.717) is 6.42 Å². The fraction of sp³-hybridized carbons (Fsp3) is 0.444. The first-order valence-corrected chi connectivity index (χ1v) is 12.3. The van der Waals surface area contributed by atoms with Crippen LogP contribution in [0.1, 0.15) is 46.1 Å². The molecule has 37 heavy (non-hydrogen) atoms. The lowest BCUT2D eigenvalue weighted by molar-refractivity contribution is -0.142. The van der Waals surface area contributed by atoms with E-state index in [1.807, 2.05) is 56.3 Å². The van der Waals surface area contributed by atoms with E-state index < -0.39 is 53.6 Å². The Morgan fingerprint density at radius 1 is 0.892 bits per heavy atom. The molecule has 0 saturated carbocycles. The number of fused-ring (bicyclic) bond motifs is 1. The molecular formula is C27H36N4O6. The molecule has 0 aliphatic heterocycles. The molecule has 2 aromatic rings. The maximum atomic E-state index is 13.1. The number of primary amides is 1. The summed E-state index contributed by atoms with van der Waals surface area (Å²) < 4.78 is 0.